The highest BCUT2D eigenvalue weighted by Gasteiger charge is 2.64. The monoisotopic (exact) mass is 230 g/mol. The normalized spacial score (nSPS) is 42.9. The Balaban J connectivity index is 2.03. The molecular weight excluding hydrogens is 208 g/mol. The number of rotatable bonds is 1. The highest BCUT2D eigenvalue weighted by Crippen LogP contribution is 2.69. The van der Waals surface area contributed by atoms with Crippen molar-refractivity contribution in [2.24, 2.45) is 16.7 Å². The lowest BCUT2D eigenvalue weighted by Crippen LogP contribution is -2.43. The fourth-order valence-electron chi connectivity index (χ4n) is 4.49. The minimum atomic E-state index is -0.603. The SMILES string of the molecule is CC1(C)C[C@@]2(C)C[C@@H]1C[C@@]2(O)c1ccccc1. The van der Waals surface area contributed by atoms with E-state index in [1.807, 2.05) is 18.2 Å². The lowest BCUT2D eigenvalue weighted by atomic mass is 9.63. The van der Waals surface area contributed by atoms with Gasteiger partial charge in [-0.3, -0.25) is 0 Å². The van der Waals surface area contributed by atoms with Gasteiger partial charge >= 0.3 is 0 Å². The summed E-state index contributed by atoms with van der Waals surface area (Å²) in [6.45, 7) is 6.98. The van der Waals surface area contributed by atoms with E-state index in [4.69, 9.17) is 0 Å². The van der Waals surface area contributed by atoms with Crippen LogP contribution in [0.5, 0.6) is 0 Å². The van der Waals surface area contributed by atoms with Crippen LogP contribution in [0.1, 0.15) is 45.6 Å². The second kappa shape index (κ2) is 3.14. The fraction of sp³-hybridized carbons (Fsp3) is 0.625. The molecule has 1 heteroatoms. The largest absolute Gasteiger partial charge is 0.385 e. The van der Waals surface area contributed by atoms with Crippen LogP contribution in [-0.2, 0) is 5.60 Å². The van der Waals surface area contributed by atoms with E-state index in [1.165, 1.54) is 6.42 Å². The van der Waals surface area contributed by atoms with Gasteiger partial charge in [-0.2, -0.15) is 0 Å². The molecule has 2 fully saturated rings. The van der Waals surface area contributed by atoms with Gasteiger partial charge in [-0.15, -0.1) is 0 Å². The lowest BCUT2D eigenvalue weighted by molar-refractivity contribution is -0.0926. The number of benzene rings is 1. The Bertz CT molecular complexity index is 436. The third kappa shape index (κ3) is 1.35. The average Bonchev–Trinajstić information content (AvgIpc) is 2.65. The Morgan fingerprint density at radius 1 is 1.06 bits per heavy atom. The van der Waals surface area contributed by atoms with E-state index < -0.39 is 5.60 Å². The zero-order valence-corrected chi connectivity index (χ0v) is 11.0. The molecule has 1 N–H and O–H groups in total. The van der Waals surface area contributed by atoms with E-state index in [2.05, 4.69) is 32.9 Å². The van der Waals surface area contributed by atoms with E-state index in [1.54, 1.807) is 0 Å². The van der Waals surface area contributed by atoms with Gasteiger partial charge < -0.3 is 5.11 Å². The van der Waals surface area contributed by atoms with Gasteiger partial charge in [-0.1, -0.05) is 51.1 Å². The van der Waals surface area contributed by atoms with Crippen LogP contribution >= 0.6 is 0 Å². The summed E-state index contributed by atoms with van der Waals surface area (Å²) in [4.78, 5) is 0. The van der Waals surface area contributed by atoms with Crippen LogP contribution in [0.25, 0.3) is 0 Å². The highest BCUT2D eigenvalue weighted by molar-refractivity contribution is 5.30. The molecule has 0 aromatic heterocycles. The first kappa shape index (κ1) is 11.3. The van der Waals surface area contributed by atoms with Crippen molar-refractivity contribution in [1.82, 2.24) is 0 Å². The van der Waals surface area contributed by atoms with Gasteiger partial charge in [0, 0.05) is 5.41 Å². The Morgan fingerprint density at radius 2 is 1.71 bits per heavy atom. The van der Waals surface area contributed by atoms with Crippen molar-refractivity contribution >= 4 is 0 Å². The van der Waals surface area contributed by atoms with Crippen molar-refractivity contribution in [3.05, 3.63) is 35.9 Å². The quantitative estimate of drug-likeness (QED) is 0.779. The number of aliphatic hydroxyl groups is 1. The molecular formula is C16H22O. The molecule has 0 heterocycles. The van der Waals surface area contributed by atoms with E-state index >= 15 is 0 Å². The summed E-state index contributed by atoms with van der Waals surface area (Å²) in [5, 5.41) is 11.1. The zero-order chi connectivity index (χ0) is 12.3. The molecule has 1 nitrogen and oxygen atoms in total. The Hall–Kier alpha value is -0.820. The van der Waals surface area contributed by atoms with Crippen LogP contribution in [0.15, 0.2) is 30.3 Å². The van der Waals surface area contributed by atoms with E-state index in [9.17, 15) is 5.11 Å². The van der Waals surface area contributed by atoms with Gasteiger partial charge in [-0.25, -0.2) is 0 Å². The second-order valence-electron chi connectivity index (χ2n) is 7.06. The van der Waals surface area contributed by atoms with Crippen molar-refractivity contribution in [2.75, 3.05) is 0 Å². The molecule has 2 saturated carbocycles. The molecule has 0 spiro atoms. The fourth-order valence-corrected chi connectivity index (χ4v) is 4.49. The topological polar surface area (TPSA) is 20.2 Å². The zero-order valence-electron chi connectivity index (χ0n) is 11.0. The Labute approximate surface area is 104 Å². The summed E-state index contributed by atoms with van der Waals surface area (Å²) in [7, 11) is 0. The number of hydrogen-bond acceptors (Lipinski definition) is 1. The van der Waals surface area contributed by atoms with E-state index in [0.29, 0.717) is 11.3 Å². The first-order valence-electron chi connectivity index (χ1n) is 6.65. The summed E-state index contributed by atoms with van der Waals surface area (Å²) in [6, 6.07) is 10.3. The van der Waals surface area contributed by atoms with Crippen molar-refractivity contribution in [1.29, 1.82) is 0 Å². The molecule has 0 radical (unpaired) electrons. The lowest BCUT2D eigenvalue weighted by Gasteiger charge is -2.46. The maximum atomic E-state index is 11.1. The van der Waals surface area contributed by atoms with Crippen LogP contribution in [0.3, 0.4) is 0 Å². The first-order chi connectivity index (χ1) is 7.87. The first-order valence-corrected chi connectivity index (χ1v) is 6.65. The summed E-state index contributed by atoms with van der Waals surface area (Å²) in [5.74, 6) is 0.665. The second-order valence-corrected chi connectivity index (χ2v) is 7.06. The van der Waals surface area contributed by atoms with Gasteiger partial charge in [0.1, 0.15) is 0 Å². The minimum absolute atomic E-state index is 0.0581. The van der Waals surface area contributed by atoms with Crippen molar-refractivity contribution in [3.8, 4) is 0 Å². The van der Waals surface area contributed by atoms with Crippen molar-refractivity contribution in [3.63, 3.8) is 0 Å². The van der Waals surface area contributed by atoms with Crippen LogP contribution in [0.4, 0.5) is 0 Å². The minimum Gasteiger partial charge on any atom is -0.385 e. The molecule has 3 rings (SSSR count). The van der Waals surface area contributed by atoms with Gasteiger partial charge in [0.25, 0.3) is 0 Å². The van der Waals surface area contributed by atoms with Gasteiger partial charge in [0.15, 0.2) is 0 Å². The van der Waals surface area contributed by atoms with Crippen LogP contribution < -0.4 is 0 Å². The molecule has 3 atom stereocenters. The molecule has 17 heavy (non-hydrogen) atoms. The van der Waals surface area contributed by atoms with Gasteiger partial charge in [0.2, 0.25) is 0 Å². The number of fused-ring (bicyclic) bond motifs is 2. The molecule has 2 aliphatic carbocycles. The maximum absolute atomic E-state index is 11.1. The molecule has 0 aliphatic heterocycles. The molecule has 0 saturated heterocycles. The summed E-state index contributed by atoms with van der Waals surface area (Å²) >= 11 is 0. The molecule has 1 aromatic rings. The summed E-state index contributed by atoms with van der Waals surface area (Å²) in [5.41, 5.74) is 0.965. The molecule has 1 aromatic carbocycles. The molecule has 2 bridgehead atoms. The molecule has 0 amide bonds. The molecule has 0 unspecified atom stereocenters. The molecule has 92 valence electrons. The summed E-state index contributed by atoms with van der Waals surface area (Å²) in [6.07, 6.45) is 3.24. The Morgan fingerprint density at radius 3 is 2.18 bits per heavy atom. The van der Waals surface area contributed by atoms with Crippen LogP contribution in [0.2, 0.25) is 0 Å². The van der Waals surface area contributed by atoms with E-state index in [-0.39, 0.29) is 5.41 Å². The smallest absolute Gasteiger partial charge is 0.0952 e. The highest BCUT2D eigenvalue weighted by atomic mass is 16.3. The van der Waals surface area contributed by atoms with Crippen LogP contribution in [0, 0.1) is 16.7 Å². The van der Waals surface area contributed by atoms with Crippen molar-refractivity contribution in [2.45, 2.75) is 45.6 Å². The average molecular weight is 230 g/mol. The van der Waals surface area contributed by atoms with Crippen molar-refractivity contribution < 1.29 is 5.11 Å². The number of hydrogen-bond donors (Lipinski definition) is 1. The third-order valence-electron chi connectivity index (χ3n) is 5.44. The Kier molecular flexibility index (Phi) is 2.08. The maximum Gasteiger partial charge on any atom is 0.0952 e. The predicted octanol–water partition coefficient (Wildman–Crippen LogP) is 3.72. The standard InChI is InChI=1S/C16H22O/c1-14(2)11-15(3)9-13(14)10-16(15,17)12-7-5-4-6-8-12/h4-8,13,17H,9-11H2,1-3H3/t13-,15-,16-/m1/s1. The van der Waals surface area contributed by atoms with Gasteiger partial charge in [0.05, 0.1) is 5.60 Å². The van der Waals surface area contributed by atoms with E-state index in [0.717, 1.165) is 18.4 Å². The molecule has 2 aliphatic rings. The predicted molar refractivity (Wildman–Crippen MR) is 69.6 cm³/mol. The van der Waals surface area contributed by atoms with Crippen LogP contribution in [-0.4, -0.2) is 5.11 Å². The third-order valence-corrected chi connectivity index (χ3v) is 5.44. The summed E-state index contributed by atoms with van der Waals surface area (Å²) < 4.78 is 0. The van der Waals surface area contributed by atoms with Gasteiger partial charge in [-0.05, 0) is 36.2 Å².